The van der Waals surface area contributed by atoms with Gasteiger partial charge in [0.05, 0.1) is 13.2 Å². The van der Waals surface area contributed by atoms with Crippen molar-refractivity contribution in [2.45, 2.75) is 43.7 Å². The van der Waals surface area contributed by atoms with Crippen molar-refractivity contribution in [1.29, 1.82) is 0 Å². The standard InChI is InChI=1S/C13H22N2O2/c1-14-11-9-17-7-6-15(12(11)16)13-4-2-10(8-13)3-5-13/h10-11,14H,2-9H2,1H3. The fourth-order valence-electron chi connectivity index (χ4n) is 3.94. The molecule has 1 aliphatic heterocycles. The van der Waals surface area contributed by atoms with E-state index in [0.717, 1.165) is 12.5 Å². The summed E-state index contributed by atoms with van der Waals surface area (Å²) in [6.45, 7) is 1.99. The molecule has 1 unspecified atom stereocenters. The zero-order chi connectivity index (χ0) is 11.9. The van der Waals surface area contributed by atoms with Gasteiger partial charge < -0.3 is 15.0 Å². The van der Waals surface area contributed by atoms with Gasteiger partial charge in [-0.25, -0.2) is 0 Å². The van der Waals surface area contributed by atoms with Gasteiger partial charge in [0.2, 0.25) is 5.91 Å². The average molecular weight is 238 g/mol. The number of nitrogens with zero attached hydrogens (tertiary/aromatic N) is 1. The number of fused-ring (bicyclic) bond motifs is 2. The van der Waals surface area contributed by atoms with Crippen molar-refractivity contribution in [3.8, 4) is 0 Å². The summed E-state index contributed by atoms with van der Waals surface area (Å²) in [7, 11) is 1.85. The highest BCUT2D eigenvalue weighted by Crippen LogP contribution is 2.51. The van der Waals surface area contributed by atoms with Crippen molar-refractivity contribution in [1.82, 2.24) is 10.2 Å². The molecule has 2 saturated carbocycles. The molecule has 0 aromatic carbocycles. The maximum Gasteiger partial charge on any atom is 0.242 e. The van der Waals surface area contributed by atoms with E-state index in [-0.39, 0.29) is 17.5 Å². The van der Waals surface area contributed by atoms with E-state index in [1.165, 1.54) is 32.1 Å². The Hall–Kier alpha value is -0.610. The summed E-state index contributed by atoms with van der Waals surface area (Å²) in [6, 6.07) is -0.147. The van der Waals surface area contributed by atoms with E-state index in [1.54, 1.807) is 0 Å². The van der Waals surface area contributed by atoms with E-state index in [2.05, 4.69) is 10.2 Å². The molecule has 3 rings (SSSR count). The van der Waals surface area contributed by atoms with Crippen LogP contribution in [0.3, 0.4) is 0 Å². The minimum atomic E-state index is -0.147. The Bertz CT molecular complexity index is 311. The molecule has 1 heterocycles. The van der Waals surface area contributed by atoms with Crippen LogP contribution in [-0.4, -0.2) is 49.2 Å². The first-order valence-electron chi connectivity index (χ1n) is 6.82. The lowest BCUT2D eigenvalue weighted by molar-refractivity contribution is -0.138. The first-order chi connectivity index (χ1) is 8.25. The molecule has 1 atom stereocenters. The summed E-state index contributed by atoms with van der Waals surface area (Å²) in [6.07, 6.45) is 6.28. The minimum Gasteiger partial charge on any atom is -0.377 e. The highest BCUT2D eigenvalue weighted by molar-refractivity contribution is 5.83. The lowest BCUT2D eigenvalue weighted by Crippen LogP contribution is -2.55. The normalized spacial score (nSPS) is 41.9. The topological polar surface area (TPSA) is 41.6 Å². The van der Waals surface area contributed by atoms with E-state index in [4.69, 9.17) is 4.74 Å². The molecule has 1 N–H and O–H groups in total. The predicted molar refractivity (Wildman–Crippen MR) is 64.7 cm³/mol. The molecule has 96 valence electrons. The smallest absolute Gasteiger partial charge is 0.242 e. The Labute approximate surface area is 103 Å². The molecule has 0 aromatic heterocycles. The molecule has 3 fully saturated rings. The van der Waals surface area contributed by atoms with Crippen LogP contribution in [0.2, 0.25) is 0 Å². The highest BCUT2D eigenvalue weighted by atomic mass is 16.5. The van der Waals surface area contributed by atoms with Gasteiger partial charge in [-0.1, -0.05) is 0 Å². The fourth-order valence-corrected chi connectivity index (χ4v) is 3.94. The fraction of sp³-hybridized carbons (Fsp3) is 0.923. The van der Waals surface area contributed by atoms with Crippen molar-refractivity contribution in [3.05, 3.63) is 0 Å². The van der Waals surface area contributed by atoms with E-state index in [1.807, 2.05) is 7.05 Å². The molecule has 0 radical (unpaired) electrons. The molecule has 1 saturated heterocycles. The van der Waals surface area contributed by atoms with Crippen molar-refractivity contribution in [2.24, 2.45) is 5.92 Å². The number of likely N-dealkylation sites (N-methyl/N-ethyl adjacent to an activating group) is 1. The Kier molecular flexibility index (Phi) is 2.87. The van der Waals surface area contributed by atoms with E-state index in [9.17, 15) is 4.79 Å². The Morgan fingerprint density at radius 3 is 2.76 bits per heavy atom. The third-order valence-corrected chi connectivity index (χ3v) is 4.93. The molecule has 17 heavy (non-hydrogen) atoms. The Balaban J connectivity index is 1.82. The van der Waals surface area contributed by atoms with Crippen LogP contribution in [0.15, 0.2) is 0 Å². The van der Waals surface area contributed by atoms with Gasteiger partial charge in [0.15, 0.2) is 0 Å². The third-order valence-electron chi connectivity index (χ3n) is 4.93. The van der Waals surface area contributed by atoms with Gasteiger partial charge >= 0.3 is 0 Å². The Morgan fingerprint density at radius 1 is 1.41 bits per heavy atom. The second-order valence-electron chi connectivity index (χ2n) is 5.78. The number of hydrogen-bond donors (Lipinski definition) is 1. The van der Waals surface area contributed by atoms with Gasteiger partial charge in [-0.05, 0) is 45.1 Å². The summed E-state index contributed by atoms with van der Waals surface area (Å²) in [5.74, 6) is 1.13. The lowest BCUT2D eigenvalue weighted by Gasteiger charge is -2.40. The van der Waals surface area contributed by atoms with Gasteiger partial charge in [0, 0.05) is 12.1 Å². The van der Waals surface area contributed by atoms with Crippen molar-refractivity contribution >= 4 is 5.91 Å². The van der Waals surface area contributed by atoms with E-state index < -0.39 is 0 Å². The van der Waals surface area contributed by atoms with Crippen LogP contribution in [0.25, 0.3) is 0 Å². The van der Waals surface area contributed by atoms with Gasteiger partial charge in [0.1, 0.15) is 6.04 Å². The molecule has 2 bridgehead atoms. The summed E-state index contributed by atoms with van der Waals surface area (Å²) in [4.78, 5) is 14.7. The average Bonchev–Trinajstić information content (AvgIpc) is 2.89. The minimum absolute atomic E-state index is 0.147. The summed E-state index contributed by atoms with van der Waals surface area (Å²) < 4.78 is 5.54. The van der Waals surface area contributed by atoms with Crippen LogP contribution in [0.5, 0.6) is 0 Å². The number of hydrogen-bond acceptors (Lipinski definition) is 3. The number of ether oxygens (including phenoxy) is 1. The summed E-state index contributed by atoms with van der Waals surface area (Å²) in [5.41, 5.74) is 0.185. The lowest BCUT2D eigenvalue weighted by atomic mass is 9.91. The second kappa shape index (κ2) is 4.25. The molecule has 2 aliphatic carbocycles. The molecule has 4 heteroatoms. The number of amides is 1. The van der Waals surface area contributed by atoms with Gasteiger partial charge in [-0.3, -0.25) is 4.79 Å². The first kappa shape index (κ1) is 11.5. The van der Waals surface area contributed by atoms with Crippen molar-refractivity contribution in [3.63, 3.8) is 0 Å². The van der Waals surface area contributed by atoms with Gasteiger partial charge in [-0.15, -0.1) is 0 Å². The van der Waals surface area contributed by atoms with Crippen LogP contribution in [0, 0.1) is 5.92 Å². The van der Waals surface area contributed by atoms with Crippen molar-refractivity contribution < 1.29 is 9.53 Å². The largest absolute Gasteiger partial charge is 0.377 e. The molecule has 3 aliphatic rings. The summed E-state index contributed by atoms with van der Waals surface area (Å²) >= 11 is 0. The number of carbonyl (C=O) groups is 1. The van der Waals surface area contributed by atoms with Crippen LogP contribution in [0.4, 0.5) is 0 Å². The van der Waals surface area contributed by atoms with E-state index in [0.29, 0.717) is 13.2 Å². The third kappa shape index (κ3) is 1.78. The quantitative estimate of drug-likeness (QED) is 0.772. The monoisotopic (exact) mass is 238 g/mol. The molecule has 4 nitrogen and oxygen atoms in total. The zero-order valence-electron chi connectivity index (χ0n) is 10.6. The molecule has 1 amide bonds. The molecule has 0 spiro atoms. The SMILES string of the molecule is CNC1COCCN(C23CCC(CC2)C3)C1=O. The Morgan fingerprint density at radius 2 is 2.18 bits per heavy atom. The summed E-state index contributed by atoms with van der Waals surface area (Å²) in [5, 5.41) is 3.09. The van der Waals surface area contributed by atoms with Crippen LogP contribution < -0.4 is 5.32 Å². The predicted octanol–water partition coefficient (Wildman–Crippen LogP) is 0.766. The zero-order valence-corrected chi connectivity index (χ0v) is 10.6. The van der Waals surface area contributed by atoms with Crippen molar-refractivity contribution in [2.75, 3.05) is 26.8 Å². The maximum absolute atomic E-state index is 12.5. The highest BCUT2D eigenvalue weighted by Gasteiger charge is 2.51. The first-order valence-corrected chi connectivity index (χ1v) is 6.82. The molecular weight excluding hydrogens is 216 g/mol. The molecular formula is C13H22N2O2. The van der Waals surface area contributed by atoms with Gasteiger partial charge in [-0.2, -0.15) is 0 Å². The molecule has 0 aromatic rings. The van der Waals surface area contributed by atoms with Crippen LogP contribution in [0.1, 0.15) is 32.1 Å². The van der Waals surface area contributed by atoms with E-state index >= 15 is 0 Å². The van der Waals surface area contributed by atoms with Gasteiger partial charge in [0.25, 0.3) is 0 Å². The number of nitrogens with one attached hydrogen (secondary N) is 1. The van der Waals surface area contributed by atoms with Crippen LogP contribution in [-0.2, 0) is 9.53 Å². The maximum atomic E-state index is 12.5. The number of rotatable bonds is 2. The second-order valence-corrected chi connectivity index (χ2v) is 5.78. The van der Waals surface area contributed by atoms with Crippen LogP contribution >= 0.6 is 0 Å². The number of carbonyl (C=O) groups excluding carboxylic acids is 1.